The van der Waals surface area contributed by atoms with Crippen LogP contribution in [0.25, 0.3) is 11.1 Å². The summed E-state index contributed by atoms with van der Waals surface area (Å²) in [4.78, 5) is 17.0. The molecule has 29 heavy (non-hydrogen) atoms. The number of hydrogen-bond donors (Lipinski definition) is 1. The maximum absolute atomic E-state index is 12.2. The quantitative estimate of drug-likeness (QED) is 0.609. The van der Waals surface area contributed by atoms with Crippen molar-refractivity contribution in [2.24, 2.45) is 4.99 Å². The predicted molar refractivity (Wildman–Crippen MR) is 119 cm³/mol. The number of hydrogen-bond acceptors (Lipinski definition) is 2. The number of carbonyl (C=O) groups excluding carboxylic acids is 1. The third kappa shape index (κ3) is 3.55. The van der Waals surface area contributed by atoms with Gasteiger partial charge in [-0.05, 0) is 52.9 Å². The van der Waals surface area contributed by atoms with Gasteiger partial charge in [0.1, 0.15) is 0 Å². The molecule has 1 aliphatic carbocycles. The number of carbonyl (C=O) groups is 1. The fourth-order valence-corrected chi connectivity index (χ4v) is 3.75. The van der Waals surface area contributed by atoms with Crippen molar-refractivity contribution in [2.75, 3.05) is 5.32 Å². The van der Waals surface area contributed by atoms with Crippen molar-refractivity contribution in [3.63, 3.8) is 0 Å². The third-order valence-electron chi connectivity index (χ3n) is 5.34. The van der Waals surface area contributed by atoms with Gasteiger partial charge in [-0.15, -0.1) is 0 Å². The van der Waals surface area contributed by atoms with Gasteiger partial charge in [-0.3, -0.25) is 9.79 Å². The van der Waals surface area contributed by atoms with E-state index < -0.39 is 0 Å². The fraction of sp³-hybridized carbons (Fsp3) is 0.0769. The molecule has 5 rings (SSSR count). The highest BCUT2D eigenvalue weighted by Crippen LogP contribution is 2.33. The van der Waals surface area contributed by atoms with Crippen LogP contribution in [0.2, 0.25) is 0 Å². The molecule has 3 aromatic carbocycles. The van der Waals surface area contributed by atoms with Crippen molar-refractivity contribution < 1.29 is 4.79 Å². The Kier molecular flexibility index (Phi) is 4.41. The Morgan fingerprint density at radius 3 is 2.41 bits per heavy atom. The molecule has 3 aromatic rings. The van der Waals surface area contributed by atoms with Crippen molar-refractivity contribution in [2.45, 2.75) is 12.8 Å². The van der Waals surface area contributed by atoms with Crippen LogP contribution in [-0.4, -0.2) is 11.6 Å². The van der Waals surface area contributed by atoms with E-state index in [1.165, 1.54) is 16.7 Å². The first-order valence-corrected chi connectivity index (χ1v) is 9.80. The Morgan fingerprint density at radius 2 is 1.66 bits per heavy atom. The highest BCUT2D eigenvalue weighted by atomic mass is 16.1. The van der Waals surface area contributed by atoms with Gasteiger partial charge in [0, 0.05) is 17.7 Å². The van der Waals surface area contributed by atoms with E-state index in [0.717, 1.165) is 34.6 Å². The lowest BCUT2D eigenvalue weighted by molar-refractivity contribution is -0.112. The van der Waals surface area contributed by atoms with Crippen LogP contribution in [0.4, 0.5) is 11.4 Å². The van der Waals surface area contributed by atoms with E-state index in [2.05, 4.69) is 47.8 Å². The number of nitrogens with one attached hydrogen (secondary N) is 1. The molecule has 3 nitrogen and oxygen atoms in total. The van der Waals surface area contributed by atoms with Gasteiger partial charge in [0.05, 0.1) is 11.4 Å². The lowest BCUT2D eigenvalue weighted by Crippen LogP contribution is -2.13. The molecule has 0 unspecified atom stereocenters. The van der Waals surface area contributed by atoms with Crippen LogP contribution in [0.15, 0.2) is 102 Å². The number of rotatable bonds is 4. The zero-order valence-corrected chi connectivity index (χ0v) is 15.9. The standard InChI is InChI=1S/C26H20N2O/c29-26(20-8-4-5-9-20)27-23-13-10-19(11-14-23)25-17-22-16-21(12-15-24(22)28-25)18-6-2-1-3-7-18/h1-8,10-16H,9,17H2,(H,27,29). The molecule has 2 aliphatic rings. The molecule has 0 fully saturated rings. The Hall–Kier alpha value is -3.72. The van der Waals surface area contributed by atoms with Gasteiger partial charge >= 0.3 is 0 Å². The molecule has 140 valence electrons. The highest BCUT2D eigenvalue weighted by Gasteiger charge is 2.17. The number of anilines is 1. The minimum absolute atomic E-state index is 0.0400. The van der Waals surface area contributed by atoms with Crippen LogP contribution in [0.1, 0.15) is 17.5 Å². The summed E-state index contributed by atoms with van der Waals surface area (Å²) in [5, 5.41) is 2.96. The molecular weight excluding hydrogens is 356 g/mol. The van der Waals surface area contributed by atoms with Gasteiger partial charge in [0.15, 0.2) is 0 Å². The minimum Gasteiger partial charge on any atom is -0.322 e. The molecule has 0 aromatic heterocycles. The SMILES string of the molecule is O=C(Nc1ccc(C2=Nc3ccc(-c4ccccc4)cc3C2)cc1)C1=CC=CC1. The second-order valence-electron chi connectivity index (χ2n) is 7.30. The number of allylic oxidation sites excluding steroid dienone is 3. The van der Waals surface area contributed by atoms with E-state index in [9.17, 15) is 4.79 Å². The van der Waals surface area contributed by atoms with Crippen molar-refractivity contribution in [1.29, 1.82) is 0 Å². The second-order valence-corrected chi connectivity index (χ2v) is 7.30. The first kappa shape index (κ1) is 17.4. The largest absolute Gasteiger partial charge is 0.322 e. The van der Waals surface area contributed by atoms with E-state index in [1.807, 2.05) is 48.6 Å². The lowest BCUT2D eigenvalue weighted by Gasteiger charge is -2.07. The summed E-state index contributed by atoms with van der Waals surface area (Å²) in [5.41, 5.74) is 8.46. The van der Waals surface area contributed by atoms with Crippen molar-refractivity contribution >= 4 is 23.0 Å². The fourth-order valence-electron chi connectivity index (χ4n) is 3.75. The number of amides is 1. The first-order valence-electron chi connectivity index (χ1n) is 9.80. The summed E-state index contributed by atoms with van der Waals surface area (Å²) >= 11 is 0. The topological polar surface area (TPSA) is 41.5 Å². The van der Waals surface area contributed by atoms with E-state index >= 15 is 0 Å². The van der Waals surface area contributed by atoms with Crippen LogP contribution in [0.5, 0.6) is 0 Å². The predicted octanol–water partition coefficient (Wildman–Crippen LogP) is 5.86. The zero-order chi connectivity index (χ0) is 19.6. The maximum atomic E-state index is 12.2. The zero-order valence-electron chi connectivity index (χ0n) is 15.9. The van der Waals surface area contributed by atoms with E-state index in [1.54, 1.807) is 0 Å². The third-order valence-corrected chi connectivity index (χ3v) is 5.34. The molecule has 1 aliphatic heterocycles. The summed E-state index contributed by atoms with van der Waals surface area (Å²) < 4.78 is 0. The lowest BCUT2D eigenvalue weighted by atomic mass is 9.99. The summed E-state index contributed by atoms with van der Waals surface area (Å²) in [6, 6.07) is 24.8. The summed E-state index contributed by atoms with van der Waals surface area (Å²) in [6.07, 6.45) is 7.27. The van der Waals surface area contributed by atoms with Crippen molar-refractivity contribution in [1.82, 2.24) is 0 Å². The highest BCUT2D eigenvalue weighted by molar-refractivity contribution is 6.08. The normalized spacial score (nSPS) is 14.3. The smallest absolute Gasteiger partial charge is 0.251 e. The second kappa shape index (κ2) is 7.36. The molecule has 3 heteroatoms. The van der Waals surface area contributed by atoms with E-state index in [4.69, 9.17) is 4.99 Å². The molecule has 0 atom stereocenters. The van der Waals surface area contributed by atoms with Gasteiger partial charge in [-0.1, -0.05) is 66.8 Å². The summed E-state index contributed by atoms with van der Waals surface area (Å²) in [6.45, 7) is 0. The minimum atomic E-state index is -0.0400. The van der Waals surface area contributed by atoms with Gasteiger partial charge in [0.25, 0.3) is 5.91 Å². The van der Waals surface area contributed by atoms with Gasteiger partial charge in [0.2, 0.25) is 0 Å². The molecule has 1 N–H and O–H groups in total. The number of fused-ring (bicyclic) bond motifs is 1. The van der Waals surface area contributed by atoms with Crippen LogP contribution in [0, 0.1) is 0 Å². The molecule has 0 bridgehead atoms. The van der Waals surface area contributed by atoms with Crippen LogP contribution >= 0.6 is 0 Å². The summed E-state index contributed by atoms with van der Waals surface area (Å²) in [7, 11) is 0. The molecular formula is C26H20N2O. The van der Waals surface area contributed by atoms with Crippen LogP contribution in [-0.2, 0) is 11.2 Å². The molecule has 1 heterocycles. The average molecular weight is 376 g/mol. The molecule has 0 saturated carbocycles. The number of benzene rings is 3. The van der Waals surface area contributed by atoms with Gasteiger partial charge in [-0.25, -0.2) is 0 Å². The Bertz CT molecular complexity index is 1170. The van der Waals surface area contributed by atoms with E-state index in [-0.39, 0.29) is 5.91 Å². The molecule has 0 saturated heterocycles. The summed E-state index contributed by atoms with van der Waals surface area (Å²) in [5.74, 6) is -0.0400. The monoisotopic (exact) mass is 376 g/mol. The van der Waals surface area contributed by atoms with Crippen LogP contribution < -0.4 is 5.32 Å². The van der Waals surface area contributed by atoms with Crippen molar-refractivity contribution in [3.8, 4) is 11.1 Å². The Labute approximate surface area is 170 Å². The Morgan fingerprint density at radius 1 is 0.862 bits per heavy atom. The van der Waals surface area contributed by atoms with Crippen molar-refractivity contribution in [3.05, 3.63) is 108 Å². The first-order chi connectivity index (χ1) is 14.3. The average Bonchev–Trinajstić information content (AvgIpc) is 3.44. The van der Waals surface area contributed by atoms with E-state index in [0.29, 0.717) is 6.42 Å². The van der Waals surface area contributed by atoms with Gasteiger partial charge in [-0.2, -0.15) is 0 Å². The molecule has 0 radical (unpaired) electrons. The number of aliphatic imine (C=N–C) groups is 1. The molecule has 0 spiro atoms. The van der Waals surface area contributed by atoms with Crippen LogP contribution in [0.3, 0.4) is 0 Å². The maximum Gasteiger partial charge on any atom is 0.251 e. The number of nitrogens with zero attached hydrogens (tertiary/aromatic N) is 1. The van der Waals surface area contributed by atoms with Gasteiger partial charge < -0.3 is 5.32 Å². The molecule has 1 amide bonds. The Balaban J connectivity index is 1.31.